The molecule has 2 aliphatic heterocycles. The molecular weight excluding hydrogens is 558 g/mol. The number of nitrogens with one attached hydrogen (secondary N) is 1. The number of carbonyl (C=O) groups is 4. The maximum Gasteiger partial charge on any atom is 0.303 e. The number of amides is 1. The zero-order chi connectivity index (χ0) is 31.0. The highest BCUT2D eigenvalue weighted by atomic mass is 16.7. The second-order valence-corrected chi connectivity index (χ2v) is 10.0. The van der Waals surface area contributed by atoms with Crippen molar-refractivity contribution in [3.05, 3.63) is 35.9 Å². The van der Waals surface area contributed by atoms with Crippen molar-refractivity contribution in [2.45, 2.75) is 103 Å². The number of aliphatic hydroxyl groups is 1. The molecule has 0 aromatic heterocycles. The Morgan fingerprint density at radius 3 is 2.00 bits per heavy atom. The minimum Gasteiger partial charge on any atom is -0.456 e. The van der Waals surface area contributed by atoms with Gasteiger partial charge in [0.2, 0.25) is 5.91 Å². The first-order valence-electron chi connectivity index (χ1n) is 13.5. The number of esters is 3. The van der Waals surface area contributed by atoms with Gasteiger partial charge < -0.3 is 48.3 Å². The molecule has 42 heavy (non-hydrogen) atoms. The molecule has 0 radical (unpaired) electrons. The van der Waals surface area contributed by atoms with Gasteiger partial charge in [0.25, 0.3) is 0 Å². The third-order valence-corrected chi connectivity index (χ3v) is 6.59. The Morgan fingerprint density at radius 1 is 0.833 bits per heavy atom. The van der Waals surface area contributed by atoms with E-state index in [1.165, 1.54) is 21.0 Å². The lowest BCUT2D eigenvalue weighted by molar-refractivity contribution is -0.341. The van der Waals surface area contributed by atoms with Crippen LogP contribution in [-0.2, 0) is 63.7 Å². The first-order valence-corrected chi connectivity index (χ1v) is 13.5. The monoisotopic (exact) mass is 597 g/mol. The molecule has 2 heterocycles. The van der Waals surface area contributed by atoms with Crippen LogP contribution in [0.3, 0.4) is 0 Å². The number of hydrogen-bond donors (Lipinski definition) is 2. The molecule has 1 aromatic rings. The molecule has 2 aliphatic rings. The Labute approximate surface area is 243 Å². The van der Waals surface area contributed by atoms with Gasteiger partial charge in [-0.3, -0.25) is 19.2 Å². The zero-order valence-corrected chi connectivity index (χ0v) is 24.4. The van der Waals surface area contributed by atoms with E-state index in [1.807, 2.05) is 30.3 Å². The number of hydrogen-bond acceptors (Lipinski definition) is 13. The molecule has 1 aromatic carbocycles. The molecule has 0 spiro atoms. The number of benzene rings is 1. The fourth-order valence-electron chi connectivity index (χ4n) is 4.91. The minimum atomic E-state index is -1.45. The Kier molecular flexibility index (Phi) is 12.2. The highest BCUT2D eigenvalue weighted by Crippen LogP contribution is 2.33. The summed E-state index contributed by atoms with van der Waals surface area (Å²) >= 11 is 0. The molecule has 2 fully saturated rings. The fourth-order valence-corrected chi connectivity index (χ4v) is 4.91. The largest absolute Gasteiger partial charge is 0.456 e. The number of methoxy groups -OCH3 is 1. The summed E-state index contributed by atoms with van der Waals surface area (Å²) in [5.41, 5.74) is 0.905. The zero-order valence-electron chi connectivity index (χ0n) is 24.4. The topological polar surface area (TPSA) is 174 Å². The maximum absolute atomic E-state index is 12.1. The van der Waals surface area contributed by atoms with E-state index < -0.39 is 85.2 Å². The van der Waals surface area contributed by atoms with Crippen LogP contribution in [0.2, 0.25) is 0 Å². The summed E-state index contributed by atoms with van der Waals surface area (Å²) in [5, 5.41) is 14.1. The van der Waals surface area contributed by atoms with Gasteiger partial charge in [0, 0.05) is 34.8 Å². The summed E-state index contributed by atoms with van der Waals surface area (Å²) in [6.07, 6.45) is -11.0. The lowest BCUT2D eigenvalue weighted by atomic mass is 9.95. The molecule has 0 unspecified atom stereocenters. The molecule has 14 heteroatoms. The van der Waals surface area contributed by atoms with Gasteiger partial charge in [-0.05, 0) is 12.5 Å². The first-order chi connectivity index (χ1) is 19.9. The normalized spacial score (nSPS) is 32.8. The van der Waals surface area contributed by atoms with Gasteiger partial charge in [-0.2, -0.15) is 0 Å². The van der Waals surface area contributed by atoms with Gasteiger partial charge in [0.15, 0.2) is 30.9 Å². The van der Waals surface area contributed by atoms with Crippen molar-refractivity contribution < 1.29 is 62.2 Å². The van der Waals surface area contributed by atoms with E-state index in [2.05, 4.69) is 5.32 Å². The van der Waals surface area contributed by atoms with E-state index in [0.717, 1.165) is 19.4 Å². The summed E-state index contributed by atoms with van der Waals surface area (Å²) in [6, 6.07) is 8.33. The van der Waals surface area contributed by atoms with Crippen molar-refractivity contribution in [2.75, 3.05) is 13.7 Å². The van der Waals surface area contributed by atoms with Crippen LogP contribution in [-0.4, -0.2) is 104 Å². The number of carbonyl (C=O) groups excluding carboxylic acids is 4. The Balaban J connectivity index is 1.90. The molecular formula is C28H39NO13. The molecule has 2 saturated heterocycles. The summed E-state index contributed by atoms with van der Waals surface area (Å²) in [5.74, 6) is -2.65. The highest BCUT2D eigenvalue weighted by Gasteiger charge is 2.54. The number of rotatable bonds is 11. The highest BCUT2D eigenvalue weighted by molar-refractivity contribution is 5.73. The van der Waals surface area contributed by atoms with Crippen molar-refractivity contribution in [1.82, 2.24) is 5.32 Å². The molecule has 10 atom stereocenters. The van der Waals surface area contributed by atoms with Crippen LogP contribution >= 0.6 is 0 Å². The predicted octanol–water partition coefficient (Wildman–Crippen LogP) is 0.365. The van der Waals surface area contributed by atoms with Crippen molar-refractivity contribution in [3.63, 3.8) is 0 Å². The van der Waals surface area contributed by atoms with Gasteiger partial charge in [-0.15, -0.1) is 0 Å². The second kappa shape index (κ2) is 15.4. The van der Waals surface area contributed by atoms with E-state index in [1.54, 1.807) is 6.92 Å². The lowest BCUT2D eigenvalue weighted by Gasteiger charge is -2.48. The average molecular weight is 598 g/mol. The molecule has 1 amide bonds. The Bertz CT molecular complexity index is 1070. The summed E-state index contributed by atoms with van der Waals surface area (Å²) < 4.78 is 45.6. The van der Waals surface area contributed by atoms with Crippen LogP contribution in [0, 0.1) is 0 Å². The smallest absolute Gasteiger partial charge is 0.303 e. The van der Waals surface area contributed by atoms with Crippen LogP contribution in [0.15, 0.2) is 30.3 Å². The molecule has 3 rings (SSSR count). The molecule has 14 nitrogen and oxygen atoms in total. The third kappa shape index (κ3) is 8.93. The maximum atomic E-state index is 12.1. The van der Waals surface area contributed by atoms with E-state index in [-0.39, 0.29) is 13.2 Å². The van der Waals surface area contributed by atoms with Gasteiger partial charge in [-0.25, -0.2) is 0 Å². The molecule has 0 bridgehead atoms. The minimum absolute atomic E-state index is 0.0670. The van der Waals surface area contributed by atoms with Crippen molar-refractivity contribution in [3.8, 4) is 0 Å². The quantitative estimate of drug-likeness (QED) is 0.265. The van der Waals surface area contributed by atoms with Crippen molar-refractivity contribution >= 4 is 23.8 Å². The molecule has 0 aliphatic carbocycles. The van der Waals surface area contributed by atoms with Gasteiger partial charge >= 0.3 is 17.9 Å². The first kappa shape index (κ1) is 33.4. The standard InChI is InChI=1S/C28H39NO13/c1-14-23(38-16(3)31)25(39-17(4)32)26(40-18(5)33)28(37-14)42-24-21(29-15(2)30)27(35-6)41-20(22(24)34)13-36-12-19-10-8-7-9-11-19/h7-11,14,20-28,34H,12-13H2,1-6H3,(H,29,30)/t14-,20+,21+,22+,23+,24+,25+,26-,27+,28+/m0/s1. The predicted molar refractivity (Wildman–Crippen MR) is 141 cm³/mol. The fraction of sp³-hybridized carbons (Fsp3) is 0.643. The number of aliphatic hydroxyl groups excluding tert-OH is 1. The summed E-state index contributed by atoms with van der Waals surface area (Å²) in [7, 11) is 1.36. The SMILES string of the molecule is CO[C@@H]1O[C@H](COCc2ccccc2)[C@@H](O)[C@H](O[C@H]2O[C@@H](C)[C@@H](OC(C)=O)[C@@H](OC(C)=O)[C@@H]2OC(C)=O)[C@H]1NC(C)=O. The van der Waals surface area contributed by atoms with E-state index in [4.69, 9.17) is 37.9 Å². The average Bonchev–Trinajstić information content (AvgIpc) is 2.91. The van der Waals surface area contributed by atoms with Crippen LogP contribution in [0.25, 0.3) is 0 Å². The van der Waals surface area contributed by atoms with Crippen LogP contribution in [0.5, 0.6) is 0 Å². The van der Waals surface area contributed by atoms with Crippen molar-refractivity contribution in [1.29, 1.82) is 0 Å². The molecule has 2 N–H and O–H groups in total. The van der Waals surface area contributed by atoms with Crippen LogP contribution < -0.4 is 5.32 Å². The van der Waals surface area contributed by atoms with Crippen molar-refractivity contribution in [2.24, 2.45) is 0 Å². The molecule has 0 saturated carbocycles. The third-order valence-electron chi connectivity index (χ3n) is 6.59. The van der Waals surface area contributed by atoms with Gasteiger partial charge in [0.05, 0.1) is 19.3 Å². The summed E-state index contributed by atoms with van der Waals surface area (Å²) in [6.45, 7) is 6.44. The number of ether oxygens (including phenoxy) is 8. The van der Waals surface area contributed by atoms with E-state index in [0.29, 0.717) is 0 Å². The van der Waals surface area contributed by atoms with E-state index in [9.17, 15) is 24.3 Å². The Hall–Kier alpha value is -3.14. The van der Waals surface area contributed by atoms with Crippen LogP contribution in [0.1, 0.15) is 40.2 Å². The lowest BCUT2D eigenvalue weighted by Crippen LogP contribution is -2.68. The molecule has 234 valence electrons. The van der Waals surface area contributed by atoms with Gasteiger partial charge in [-0.1, -0.05) is 30.3 Å². The Morgan fingerprint density at radius 2 is 1.43 bits per heavy atom. The summed E-state index contributed by atoms with van der Waals surface area (Å²) in [4.78, 5) is 48.1. The van der Waals surface area contributed by atoms with Gasteiger partial charge in [0.1, 0.15) is 24.4 Å². The second-order valence-electron chi connectivity index (χ2n) is 10.0. The van der Waals surface area contributed by atoms with E-state index >= 15 is 0 Å². The van der Waals surface area contributed by atoms with Crippen LogP contribution in [0.4, 0.5) is 0 Å².